The maximum atomic E-state index is 12.9. The van der Waals surface area contributed by atoms with E-state index in [0.29, 0.717) is 36.7 Å². The second-order valence-corrected chi connectivity index (χ2v) is 10.2. The molecule has 0 aliphatic carbocycles. The zero-order valence-electron chi connectivity index (χ0n) is 21.2. The first kappa shape index (κ1) is 24.5. The SMILES string of the molecule is CN(C)c1ccc(Nc2ncnc3sc4c(c23)CCN(C(=O)c2cnccn2)C4)cc1NC(=O)c1ccco1. The van der Waals surface area contributed by atoms with Crippen LogP contribution in [-0.2, 0) is 13.0 Å². The quantitative estimate of drug-likeness (QED) is 0.323. The fraction of sp³-hybridized carbons (Fsp3) is 0.185. The lowest BCUT2D eigenvalue weighted by Gasteiger charge is -2.26. The summed E-state index contributed by atoms with van der Waals surface area (Å²) in [4.78, 5) is 48.5. The Bertz CT molecular complexity index is 1670. The summed E-state index contributed by atoms with van der Waals surface area (Å²) >= 11 is 1.56. The summed E-state index contributed by atoms with van der Waals surface area (Å²) in [6, 6.07) is 9.02. The molecular formula is C27H24N8O3S. The minimum absolute atomic E-state index is 0.138. The van der Waals surface area contributed by atoms with Crippen molar-refractivity contribution in [3.8, 4) is 0 Å². The third kappa shape index (κ3) is 4.77. The molecule has 1 aliphatic rings. The lowest BCUT2D eigenvalue weighted by atomic mass is 10.0. The van der Waals surface area contributed by atoms with Crippen LogP contribution in [0.1, 0.15) is 31.5 Å². The van der Waals surface area contributed by atoms with Gasteiger partial charge in [-0.2, -0.15) is 0 Å². The molecule has 0 atom stereocenters. The number of furan rings is 1. The van der Waals surface area contributed by atoms with Gasteiger partial charge >= 0.3 is 0 Å². The lowest BCUT2D eigenvalue weighted by molar-refractivity contribution is 0.0730. The molecule has 6 rings (SSSR count). The number of hydrogen-bond donors (Lipinski definition) is 2. The van der Waals surface area contributed by atoms with Gasteiger partial charge in [0.1, 0.15) is 22.7 Å². The van der Waals surface area contributed by atoms with Crippen molar-refractivity contribution in [2.75, 3.05) is 36.2 Å². The van der Waals surface area contributed by atoms with Crippen LogP contribution in [0.4, 0.5) is 22.9 Å². The molecule has 5 heterocycles. The number of nitrogens with zero attached hydrogens (tertiary/aromatic N) is 6. The van der Waals surface area contributed by atoms with E-state index >= 15 is 0 Å². The van der Waals surface area contributed by atoms with Gasteiger partial charge in [-0.05, 0) is 42.3 Å². The summed E-state index contributed by atoms with van der Waals surface area (Å²) in [7, 11) is 3.82. The molecule has 1 aliphatic heterocycles. The van der Waals surface area contributed by atoms with Crippen LogP contribution in [0.25, 0.3) is 10.2 Å². The summed E-state index contributed by atoms with van der Waals surface area (Å²) in [6.45, 7) is 1.04. The number of thiophene rings is 1. The molecule has 0 bridgehead atoms. The summed E-state index contributed by atoms with van der Waals surface area (Å²) in [5.74, 6) is 0.428. The first-order valence-corrected chi connectivity index (χ1v) is 13.0. The number of benzene rings is 1. The molecule has 1 aromatic carbocycles. The van der Waals surface area contributed by atoms with Crippen LogP contribution in [0.15, 0.2) is 65.9 Å². The molecule has 0 fully saturated rings. The van der Waals surface area contributed by atoms with Crippen molar-refractivity contribution < 1.29 is 14.0 Å². The molecule has 0 radical (unpaired) electrons. The summed E-state index contributed by atoms with van der Waals surface area (Å²) in [5, 5.41) is 7.31. The molecule has 5 aromatic rings. The van der Waals surface area contributed by atoms with Gasteiger partial charge in [0.25, 0.3) is 11.8 Å². The fourth-order valence-electron chi connectivity index (χ4n) is 4.60. The van der Waals surface area contributed by atoms with E-state index in [-0.39, 0.29) is 17.6 Å². The van der Waals surface area contributed by atoms with Crippen LogP contribution >= 0.6 is 11.3 Å². The van der Waals surface area contributed by atoms with E-state index in [2.05, 4.69) is 30.6 Å². The molecule has 0 spiro atoms. The van der Waals surface area contributed by atoms with Crippen LogP contribution in [0, 0.1) is 0 Å². The Morgan fingerprint density at radius 1 is 1.13 bits per heavy atom. The van der Waals surface area contributed by atoms with Gasteiger partial charge in [0.05, 0.1) is 35.8 Å². The van der Waals surface area contributed by atoms with Crippen LogP contribution < -0.4 is 15.5 Å². The van der Waals surface area contributed by atoms with E-state index in [1.54, 1.807) is 34.6 Å². The Kier molecular flexibility index (Phi) is 6.37. The van der Waals surface area contributed by atoms with Crippen molar-refractivity contribution in [1.82, 2.24) is 24.8 Å². The van der Waals surface area contributed by atoms with E-state index in [4.69, 9.17) is 4.42 Å². The second kappa shape index (κ2) is 10.1. The summed E-state index contributed by atoms with van der Waals surface area (Å²) in [6.07, 6.45) is 8.23. The molecule has 2 N–H and O–H groups in total. The Morgan fingerprint density at radius 2 is 2.03 bits per heavy atom. The van der Waals surface area contributed by atoms with Crippen LogP contribution in [0.5, 0.6) is 0 Å². The maximum absolute atomic E-state index is 12.9. The van der Waals surface area contributed by atoms with E-state index in [0.717, 1.165) is 32.0 Å². The number of fused-ring (bicyclic) bond motifs is 3. The number of hydrogen-bond acceptors (Lipinski definition) is 10. The smallest absolute Gasteiger partial charge is 0.291 e. The molecule has 0 saturated carbocycles. The van der Waals surface area contributed by atoms with Crippen LogP contribution in [0.3, 0.4) is 0 Å². The number of carbonyl (C=O) groups is 2. The van der Waals surface area contributed by atoms with Gasteiger partial charge in [-0.15, -0.1) is 11.3 Å². The highest BCUT2D eigenvalue weighted by Crippen LogP contribution is 2.39. The number of rotatable bonds is 6. The van der Waals surface area contributed by atoms with Gasteiger partial charge in [0.15, 0.2) is 5.76 Å². The number of nitrogens with one attached hydrogen (secondary N) is 2. The summed E-state index contributed by atoms with van der Waals surface area (Å²) in [5.41, 5.74) is 3.69. The van der Waals surface area contributed by atoms with Crippen molar-refractivity contribution in [3.05, 3.63) is 83.4 Å². The molecule has 11 nitrogen and oxygen atoms in total. The highest BCUT2D eigenvalue weighted by atomic mass is 32.1. The van der Waals surface area contributed by atoms with Crippen molar-refractivity contribution in [1.29, 1.82) is 0 Å². The zero-order valence-corrected chi connectivity index (χ0v) is 22.0. The van der Waals surface area contributed by atoms with Crippen molar-refractivity contribution in [2.24, 2.45) is 0 Å². The highest BCUT2D eigenvalue weighted by Gasteiger charge is 2.27. The average Bonchev–Trinajstić information content (AvgIpc) is 3.62. The van der Waals surface area contributed by atoms with E-state index < -0.39 is 0 Å². The predicted octanol–water partition coefficient (Wildman–Crippen LogP) is 4.33. The molecule has 12 heteroatoms. The number of aromatic nitrogens is 4. The number of amides is 2. The molecular weight excluding hydrogens is 516 g/mol. The molecule has 2 amide bonds. The van der Waals surface area contributed by atoms with E-state index in [9.17, 15) is 9.59 Å². The van der Waals surface area contributed by atoms with E-state index in [1.807, 2.05) is 37.2 Å². The van der Waals surface area contributed by atoms with Gasteiger partial charge in [-0.3, -0.25) is 14.6 Å². The van der Waals surface area contributed by atoms with Gasteiger partial charge in [0.2, 0.25) is 0 Å². The maximum Gasteiger partial charge on any atom is 0.291 e. The predicted molar refractivity (Wildman–Crippen MR) is 149 cm³/mol. The standard InChI is InChI=1S/C27H24N8O3S/c1-34(2)20-6-5-16(12-18(20)33-25(36)21-4-3-11-38-21)32-24-23-17-7-10-35(27(37)19-13-28-8-9-29-19)14-22(17)39-26(23)31-15-30-24/h3-6,8-9,11-13,15H,7,10,14H2,1-2H3,(H,33,36)(H,30,31,32). The normalized spacial score (nSPS) is 12.7. The molecule has 39 heavy (non-hydrogen) atoms. The Labute approximate surface area is 227 Å². The lowest BCUT2D eigenvalue weighted by Crippen LogP contribution is -2.35. The third-order valence-electron chi connectivity index (χ3n) is 6.44. The highest BCUT2D eigenvalue weighted by molar-refractivity contribution is 7.19. The van der Waals surface area contributed by atoms with Crippen LogP contribution in [-0.4, -0.2) is 57.3 Å². The number of anilines is 4. The molecule has 0 unspecified atom stereocenters. The Hall–Kier alpha value is -4.84. The first-order valence-electron chi connectivity index (χ1n) is 12.2. The summed E-state index contributed by atoms with van der Waals surface area (Å²) < 4.78 is 5.25. The van der Waals surface area contributed by atoms with Crippen molar-refractivity contribution >= 4 is 56.2 Å². The monoisotopic (exact) mass is 540 g/mol. The van der Waals surface area contributed by atoms with Gasteiger partial charge in [0, 0.05) is 43.6 Å². The van der Waals surface area contributed by atoms with E-state index in [1.165, 1.54) is 25.0 Å². The zero-order chi connectivity index (χ0) is 26.9. The second-order valence-electron chi connectivity index (χ2n) is 9.16. The fourth-order valence-corrected chi connectivity index (χ4v) is 5.80. The largest absolute Gasteiger partial charge is 0.459 e. The molecule has 196 valence electrons. The Morgan fingerprint density at radius 3 is 2.79 bits per heavy atom. The average molecular weight is 541 g/mol. The minimum atomic E-state index is -0.336. The number of carbonyl (C=O) groups excluding carboxylic acids is 2. The molecule has 0 saturated heterocycles. The molecule has 4 aromatic heterocycles. The topological polar surface area (TPSA) is 129 Å². The van der Waals surface area contributed by atoms with Gasteiger partial charge < -0.3 is 24.9 Å². The van der Waals surface area contributed by atoms with Crippen molar-refractivity contribution in [3.63, 3.8) is 0 Å². The first-order chi connectivity index (χ1) is 19.0. The third-order valence-corrected chi connectivity index (χ3v) is 7.57. The Balaban J connectivity index is 1.29. The van der Waals surface area contributed by atoms with Gasteiger partial charge in [-0.25, -0.2) is 15.0 Å². The van der Waals surface area contributed by atoms with Gasteiger partial charge in [-0.1, -0.05) is 0 Å². The van der Waals surface area contributed by atoms with Crippen LogP contribution in [0.2, 0.25) is 0 Å². The minimum Gasteiger partial charge on any atom is -0.459 e. The van der Waals surface area contributed by atoms with Crippen molar-refractivity contribution in [2.45, 2.75) is 13.0 Å².